The van der Waals surface area contributed by atoms with Gasteiger partial charge in [-0.2, -0.15) is 4.72 Å². The van der Waals surface area contributed by atoms with E-state index in [1.807, 2.05) is 51.1 Å². The van der Waals surface area contributed by atoms with Crippen LogP contribution in [-0.4, -0.2) is 73.2 Å². The van der Waals surface area contributed by atoms with Crippen LogP contribution in [0.4, 0.5) is 0 Å². The summed E-state index contributed by atoms with van der Waals surface area (Å²) in [5.41, 5.74) is 0. The lowest BCUT2D eigenvalue weighted by atomic mass is 9.88. The minimum Gasteiger partial charge on any atom is -0.340 e. The fourth-order valence-corrected chi connectivity index (χ4v) is 8.95. The lowest BCUT2D eigenvalue weighted by Crippen LogP contribution is -2.69. The molecule has 5 atom stereocenters. The lowest BCUT2D eigenvalue weighted by Gasteiger charge is -2.49. The number of hydrogen-bond donors (Lipinski definition) is 2. The molecule has 1 aromatic heterocycles. The van der Waals surface area contributed by atoms with Crippen molar-refractivity contribution in [2.24, 2.45) is 11.8 Å². The molecule has 0 spiro atoms. The Morgan fingerprint density at radius 1 is 1.00 bits per heavy atom. The normalized spacial score (nSPS) is 21.4. The van der Waals surface area contributed by atoms with Crippen LogP contribution in [0, 0.1) is 11.8 Å². The topological polar surface area (TPSA) is 116 Å². The molecule has 2 unspecified atom stereocenters. The Morgan fingerprint density at radius 3 is 2.40 bits per heavy atom. The summed E-state index contributed by atoms with van der Waals surface area (Å²) in [7, 11) is -4.09. The lowest BCUT2D eigenvalue weighted by molar-refractivity contribution is -0.150. The van der Waals surface area contributed by atoms with Gasteiger partial charge in [-0.1, -0.05) is 62.2 Å². The fourth-order valence-electron chi connectivity index (χ4n) is 6.02. The summed E-state index contributed by atoms with van der Waals surface area (Å²) in [6.07, 6.45) is 0.479. The van der Waals surface area contributed by atoms with Gasteiger partial charge < -0.3 is 15.1 Å². The second kappa shape index (κ2) is 12.4. The molecule has 9 nitrogen and oxygen atoms in total. The summed E-state index contributed by atoms with van der Waals surface area (Å²) in [5, 5.41) is 4.21. The van der Waals surface area contributed by atoms with Gasteiger partial charge in [0.05, 0.1) is 28.0 Å². The Balaban J connectivity index is 1.25. The van der Waals surface area contributed by atoms with E-state index in [1.54, 1.807) is 9.80 Å². The molecule has 13 heteroatoms. The van der Waals surface area contributed by atoms with Crippen molar-refractivity contribution in [3.8, 4) is 0 Å². The van der Waals surface area contributed by atoms with Gasteiger partial charge in [-0.15, -0.1) is 11.3 Å². The minimum absolute atomic E-state index is 0.0286. The second-order valence-electron chi connectivity index (χ2n) is 11.7. The van der Waals surface area contributed by atoms with Gasteiger partial charge in [0.15, 0.2) is 0 Å². The molecule has 5 rings (SSSR count). The van der Waals surface area contributed by atoms with Gasteiger partial charge >= 0.3 is 0 Å². The molecule has 0 radical (unpaired) electrons. The van der Waals surface area contributed by atoms with Crippen LogP contribution < -0.4 is 10.0 Å². The van der Waals surface area contributed by atoms with Crippen molar-refractivity contribution in [3.63, 3.8) is 0 Å². The van der Waals surface area contributed by atoms with E-state index in [-0.39, 0.29) is 51.6 Å². The molecule has 2 N–H and O–H groups in total. The van der Waals surface area contributed by atoms with Gasteiger partial charge in [-0.25, -0.2) is 8.42 Å². The predicted octanol–water partition coefficient (Wildman–Crippen LogP) is 4.78. The third kappa shape index (κ3) is 6.42. The van der Waals surface area contributed by atoms with Gasteiger partial charge in [0, 0.05) is 22.8 Å². The van der Waals surface area contributed by atoms with Crippen LogP contribution in [0.2, 0.25) is 10.0 Å². The molecule has 2 saturated heterocycles. The number of thiophene rings is 1. The van der Waals surface area contributed by atoms with E-state index in [4.69, 9.17) is 23.2 Å². The van der Waals surface area contributed by atoms with Gasteiger partial charge in [0.25, 0.3) is 5.91 Å². The Morgan fingerprint density at radius 2 is 1.72 bits per heavy atom. The Kier molecular flexibility index (Phi) is 9.12. The Bertz CT molecular complexity index is 1640. The predicted molar refractivity (Wildman–Crippen MR) is 169 cm³/mol. The van der Waals surface area contributed by atoms with Gasteiger partial charge in [-0.3, -0.25) is 14.4 Å². The van der Waals surface area contributed by atoms with Crippen LogP contribution in [-0.2, 0) is 19.6 Å². The van der Waals surface area contributed by atoms with Crippen molar-refractivity contribution >= 4 is 72.4 Å². The molecule has 2 aliphatic heterocycles. The molecule has 230 valence electrons. The molecule has 0 aliphatic carbocycles. The number of nitrogens with zero attached hydrogens (tertiary/aromatic N) is 2. The largest absolute Gasteiger partial charge is 0.340 e. The number of hydrogen-bond acceptors (Lipinski definition) is 6. The maximum atomic E-state index is 13.8. The summed E-state index contributed by atoms with van der Waals surface area (Å²) >= 11 is 13.4. The van der Waals surface area contributed by atoms with Crippen molar-refractivity contribution in [3.05, 3.63) is 63.5 Å². The maximum Gasteiger partial charge on any atom is 0.262 e. The average Bonchev–Trinajstić information content (AvgIpc) is 3.45. The number of carbonyl (C=O) groups is 3. The number of rotatable bonds is 9. The monoisotopic (exact) mass is 664 g/mol. The van der Waals surface area contributed by atoms with Crippen LogP contribution in [0.15, 0.2) is 53.4 Å². The molecule has 0 bridgehead atoms. The molecule has 2 aromatic carbocycles. The first-order valence-electron chi connectivity index (χ1n) is 14.1. The first kappa shape index (κ1) is 31.7. The number of halogens is 2. The third-order valence-corrected chi connectivity index (χ3v) is 11.4. The first-order valence-corrected chi connectivity index (χ1v) is 17.2. The van der Waals surface area contributed by atoms with Crippen molar-refractivity contribution in [1.82, 2.24) is 19.8 Å². The van der Waals surface area contributed by atoms with Crippen molar-refractivity contribution in [1.29, 1.82) is 0 Å². The Hall–Kier alpha value is -2.70. The fraction of sp³-hybridized carbons (Fsp3) is 0.433. The van der Waals surface area contributed by atoms with Gasteiger partial charge in [-0.05, 0) is 60.9 Å². The highest BCUT2D eigenvalue weighted by Gasteiger charge is 2.55. The highest BCUT2D eigenvalue weighted by atomic mass is 35.5. The number of likely N-dealkylation sites (tertiary alicyclic amines) is 2. The highest BCUT2D eigenvalue weighted by Crippen LogP contribution is 2.38. The molecular formula is C30H34Cl2N4O5S2. The van der Waals surface area contributed by atoms with E-state index < -0.39 is 22.1 Å². The van der Waals surface area contributed by atoms with Crippen LogP contribution >= 0.6 is 34.5 Å². The summed E-state index contributed by atoms with van der Waals surface area (Å²) in [6.45, 7) is 8.17. The van der Waals surface area contributed by atoms with E-state index in [1.165, 1.54) is 36.5 Å². The molecule has 3 heterocycles. The zero-order valence-corrected chi connectivity index (χ0v) is 27.4. The molecule has 2 fully saturated rings. The summed E-state index contributed by atoms with van der Waals surface area (Å²) < 4.78 is 29.4. The van der Waals surface area contributed by atoms with Crippen LogP contribution in [0.25, 0.3) is 10.1 Å². The molecule has 43 heavy (non-hydrogen) atoms. The summed E-state index contributed by atoms with van der Waals surface area (Å²) in [6, 6.07) is 11.4. The second-order valence-corrected chi connectivity index (χ2v) is 15.3. The molecule has 3 amide bonds. The van der Waals surface area contributed by atoms with E-state index >= 15 is 0 Å². The zero-order valence-electron chi connectivity index (χ0n) is 24.2. The number of carbonyl (C=O) groups excluding carboxylic acids is 3. The van der Waals surface area contributed by atoms with Crippen molar-refractivity contribution in [2.75, 3.05) is 13.1 Å². The maximum absolute atomic E-state index is 13.8. The van der Waals surface area contributed by atoms with E-state index in [2.05, 4.69) is 10.0 Å². The van der Waals surface area contributed by atoms with Crippen LogP contribution in [0.1, 0.15) is 43.8 Å². The van der Waals surface area contributed by atoms with E-state index in [0.29, 0.717) is 29.4 Å². The SMILES string of the molecule is CC(C)CC(NC(=O)c1cc2ccccc2s1)C(=O)N1C[C@@H]2C1[C@@H](C)CN2C(=O)[C@H](C)NS(=O)(=O)c1ccc(Cl)cc1Cl. The van der Waals surface area contributed by atoms with E-state index in [9.17, 15) is 22.8 Å². The van der Waals surface area contributed by atoms with Crippen LogP contribution in [0.3, 0.4) is 0 Å². The smallest absolute Gasteiger partial charge is 0.262 e. The molecule has 2 aliphatic rings. The number of sulfonamides is 1. The van der Waals surface area contributed by atoms with Crippen LogP contribution in [0.5, 0.6) is 0 Å². The Labute approximate surface area is 265 Å². The standard InChI is InChI=1S/C30H34Cl2N4O5S2/c1-16(2)11-22(33-28(37)25-12-19-7-5-6-8-24(19)42-25)30(39)36-15-23-27(36)17(3)14-35(23)29(38)18(4)34-43(40,41)26-10-9-20(31)13-21(26)32/h5-10,12-13,16-18,22-23,27,34H,11,14-15H2,1-4H3,(H,33,37)/t17-,18-,22?,23+,27?/m0/s1. The molecule has 0 saturated carbocycles. The average molecular weight is 666 g/mol. The summed E-state index contributed by atoms with van der Waals surface area (Å²) in [4.78, 5) is 44.2. The number of amides is 3. The molecular weight excluding hydrogens is 631 g/mol. The first-order chi connectivity index (χ1) is 20.3. The van der Waals surface area contributed by atoms with E-state index in [0.717, 1.165) is 10.1 Å². The third-order valence-electron chi connectivity index (χ3n) is 8.02. The van der Waals surface area contributed by atoms with Gasteiger partial charge in [0.2, 0.25) is 21.8 Å². The molecule has 3 aromatic rings. The van der Waals surface area contributed by atoms with Crippen molar-refractivity contribution < 1.29 is 22.8 Å². The van der Waals surface area contributed by atoms with Gasteiger partial charge in [0.1, 0.15) is 10.9 Å². The number of fused-ring (bicyclic) bond motifs is 2. The minimum atomic E-state index is -4.09. The summed E-state index contributed by atoms with van der Waals surface area (Å²) in [5.74, 6) is -0.695. The quantitative estimate of drug-likeness (QED) is 0.342. The zero-order chi connectivity index (χ0) is 31.2. The number of nitrogens with one attached hydrogen (secondary N) is 2. The van der Waals surface area contributed by atoms with Crippen molar-refractivity contribution in [2.45, 2.75) is 63.2 Å². The number of benzene rings is 2. The highest BCUT2D eigenvalue weighted by molar-refractivity contribution is 7.89.